The Morgan fingerprint density at radius 1 is 1.17 bits per heavy atom. The Balaban J connectivity index is 1.71. The lowest BCUT2D eigenvalue weighted by atomic mass is 10.2. The quantitative estimate of drug-likeness (QED) is 0.892. The number of carbonyl (C=O) groups excluding carboxylic acids is 1. The maximum Gasteiger partial charge on any atom is 0.235 e. The fraction of sp³-hybridized carbons (Fsp3) is 0.471. The summed E-state index contributed by atoms with van der Waals surface area (Å²) in [6.07, 6.45) is 4.04. The van der Waals surface area contributed by atoms with Crippen molar-refractivity contribution < 1.29 is 13.2 Å². The highest BCUT2D eigenvalue weighted by Gasteiger charge is 2.23. The van der Waals surface area contributed by atoms with Crippen LogP contribution in [0, 0.1) is 6.92 Å². The molecule has 2 aromatic rings. The molecule has 0 spiro atoms. The zero-order valence-corrected chi connectivity index (χ0v) is 14.5. The third-order valence-electron chi connectivity index (χ3n) is 4.27. The molecule has 1 amide bonds. The molecule has 1 aliphatic carbocycles. The molecule has 24 heavy (non-hydrogen) atoms. The third-order valence-corrected chi connectivity index (χ3v) is 5.69. The van der Waals surface area contributed by atoms with Crippen molar-refractivity contribution >= 4 is 26.8 Å². The molecule has 1 heterocycles. The smallest absolute Gasteiger partial charge is 0.235 e. The van der Waals surface area contributed by atoms with Crippen LogP contribution in [0.1, 0.15) is 37.1 Å². The molecule has 1 fully saturated rings. The fourth-order valence-corrected chi connectivity index (χ4v) is 4.33. The lowest BCUT2D eigenvalue weighted by Crippen LogP contribution is -2.37. The third kappa shape index (κ3) is 4.08. The first-order chi connectivity index (χ1) is 11.4. The molecule has 0 aliphatic heterocycles. The van der Waals surface area contributed by atoms with Crippen LogP contribution in [0.4, 0.5) is 0 Å². The van der Waals surface area contributed by atoms with Crippen molar-refractivity contribution in [2.45, 2.75) is 44.4 Å². The minimum atomic E-state index is -3.58. The Morgan fingerprint density at radius 2 is 1.79 bits per heavy atom. The van der Waals surface area contributed by atoms with E-state index >= 15 is 0 Å². The Labute approximate surface area is 141 Å². The van der Waals surface area contributed by atoms with Crippen molar-refractivity contribution in [1.29, 1.82) is 0 Å². The number of amides is 1. The highest BCUT2D eigenvalue weighted by atomic mass is 32.2. The minimum absolute atomic E-state index is 0.120. The first kappa shape index (κ1) is 16.8. The van der Waals surface area contributed by atoms with Gasteiger partial charge in [-0.1, -0.05) is 25.0 Å². The van der Waals surface area contributed by atoms with Crippen LogP contribution in [0.3, 0.4) is 0 Å². The van der Waals surface area contributed by atoms with Gasteiger partial charge in [0, 0.05) is 6.04 Å². The molecule has 1 N–H and O–H groups in total. The molecule has 0 bridgehead atoms. The largest absolute Gasteiger partial charge is 0.352 e. The molecule has 1 aromatic heterocycles. The van der Waals surface area contributed by atoms with Gasteiger partial charge in [-0.25, -0.2) is 18.4 Å². The molecule has 128 valence electrons. The van der Waals surface area contributed by atoms with Crippen LogP contribution in [-0.4, -0.2) is 36.1 Å². The summed E-state index contributed by atoms with van der Waals surface area (Å²) in [5, 5.41) is 2.81. The summed E-state index contributed by atoms with van der Waals surface area (Å²) in [6, 6.07) is 7.45. The molecule has 1 saturated carbocycles. The highest BCUT2D eigenvalue weighted by Crippen LogP contribution is 2.18. The van der Waals surface area contributed by atoms with Crippen molar-refractivity contribution in [3.8, 4) is 0 Å². The summed E-state index contributed by atoms with van der Waals surface area (Å²) in [5.74, 6) is -1.19. The van der Waals surface area contributed by atoms with Gasteiger partial charge in [0.05, 0.1) is 28.2 Å². The number of sulfone groups is 1. The van der Waals surface area contributed by atoms with Gasteiger partial charge >= 0.3 is 0 Å². The summed E-state index contributed by atoms with van der Waals surface area (Å²) >= 11 is 0. The number of benzene rings is 1. The number of hydrogen-bond donors (Lipinski definition) is 1. The SMILES string of the molecule is Cc1nc2ccccc2nc1CS(=O)(=O)CC(=O)NC1CCCC1. The van der Waals surface area contributed by atoms with Crippen molar-refractivity contribution in [3.63, 3.8) is 0 Å². The van der Waals surface area contributed by atoms with Gasteiger partial charge in [0.25, 0.3) is 0 Å². The zero-order valence-electron chi connectivity index (χ0n) is 13.7. The van der Waals surface area contributed by atoms with E-state index in [2.05, 4.69) is 15.3 Å². The summed E-state index contributed by atoms with van der Waals surface area (Å²) in [7, 11) is -3.58. The number of nitrogens with zero attached hydrogens (tertiary/aromatic N) is 2. The Kier molecular flexibility index (Phi) is 4.80. The van der Waals surface area contributed by atoms with Gasteiger partial charge in [0.1, 0.15) is 5.75 Å². The first-order valence-corrected chi connectivity index (χ1v) is 9.97. The lowest BCUT2D eigenvalue weighted by molar-refractivity contribution is -0.119. The van der Waals surface area contributed by atoms with Crippen LogP contribution < -0.4 is 5.32 Å². The Morgan fingerprint density at radius 3 is 2.46 bits per heavy atom. The van der Waals surface area contributed by atoms with Crippen LogP contribution in [0.15, 0.2) is 24.3 Å². The van der Waals surface area contributed by atoms with Gasteiger partial charge in [0.2, 0.25) is 5.91 Å². The lowest BCUT2D eigenvalue weighted by Gasteiger charge is -2.12. The number of para-hydroxylation sites is 2. The fourth-order valence-electron chi connectivity index (χ4n) is 3.06. The molecule has 0 unspecified atom stereocenters. The average molecular weight is 347 g/mol. The highest BCUT2D eigenvalue weighted by molar-refractivity contribution is 7.91. The van der Waals surface area contributed by atoms with Gasteiger partial charge in [0.15, 0.2) is 9.84 Å². The summed E-state index contributed by atoms with van der Waals surface area (Å²) < 4.78 is 24.7. The summed E-state index contributed by atoms with van der Waals surface area (Å²) in [5.41, 5.74) is 2.37. The molecule has 6 nitrogen and oxygen atoms in total. The number of hydrogen-bond acceptors (Lipinski definition) is 5. The van der Waals surface area contributed by atoms with Crippen molar-refractivity contribution in [3.05, 3.63) is 35.7 Å². The summed E-state index contributed by atoms with van der Waals surface area (Å²) in [4.78, 5) is 20.8. The molecule has 3 rings (SSSR count). The number of fused-ring (bicyclic) bond motifs is 1. The molecular formula is C17H21N3O3S. The second-order valence-electron chi connectivity index (χ2n) is 6.33. The van der Waals surface area contributed by atoms with Crippen molar-refractivity contribution in [2.24, 2.45) is 0 Å². The molecule has 0 radical (unpaired) electrons. The number of aromatic nitrogens is 2. The number of nitrogens with one attached hydrogen (secondary N) is 1. The van der Waals surface area contributed by atoms with Gasteiger partial charge < -0.3 is 5.32 Å². The predicted molar refractivity (Wildman–Crippen MR) is 92.2 cm³/mol. The normalized spacial score (nSPS) is 15.7. The van der Waals surface area contributed by atoms with Gasteiger partial charge in [-0.15, -0.1) is 0 Å². The number of aryl methyl sites for hydroxylation is 1. The predicted octanol–water partition coefficient (Wildman–Crippen LogP) is 1.91. The van der Waals surface area contributed by atoms with E-state index < -0.39 is 21.5 Å². The van der Waals surface area contributed by atoms with E-state index in [1.54, 1.807) is 13.0 Å². The van der Waals surface area contributed by atoms with Crippen LogP contribution in [0.5, 0.6) is 0 Å². The second-order valence-corrected chi connectivity index (χ2v) is 8.39. The molecule has 1 aliphatic rings. The van der Waals surface area contributed by atoms with Crippen LogP contribution in [-0.2, 0) is 20.4 Å². The van der Waals surface area contributed by atoms with Crippen molar-refractivity contribution in [1.82, 2.24) is 15.3 Å². The van der Waals surface area contributed by atoms with E-state index in [4.69, 9.17) is 0 Å². The number of carbonyl (C=O) groups is 1. The van der Waals surface area contributed by atoms with Gasteiger partial charge in [-0.3, -0.25) is 4.79 Å². The maximum absolute atomic E-state index is 12.3. The molecule has 1 aromatic carbocycles. The van der Waals surface area contributed by atoms with E-state index in [9.17, 15) is 13.2 Å². The second kappa shape index (κ2) is 6.84. The Hall–Kier alpha value is -2.02. The van der Waals surface area contributed by atoms with E-state index in [0.717, 1.165) is 31.2 Å². The van der Waals surface area contributed by atoms with Gasteiger partial charge in [-0.2, -0.15) is 0 Å². The van der Waals surface area contributed by atoms with Crippen molar-refractivity contribution in [2.75, 3.05) is 5.75 Å². The van der Waals surface area contributed by atoms with Crippen LogP contribution in [0.25, 0.3) is 11.0 Å². The average Bonchev–Trinajstić information content (AvgIpc) is 2.99. The topological polar surface area (TPSA) is 89.0 Å². The summed E-state index contributed by atoms with van der Waals surface area (Å²) in [6.45, 7) is 1.74. The van der Waals surface area contributed by atoms with Gasteiger partial charge in [-0.05, 0) is 31.9 Å². The standard InChI is InChI=1S/C17H21N3O3S/c1-12-16(20-15-9-5-4-8-14(15)18-12)10-24(22,23)11-17(21)19-13-6-2-3-7-13/h4-5,8-9,13H,2-3,6-7,10-11H2,1H3,(H,19,21). The van der Waals surface area contributed by atoms with Crippen LogP contribution in [0.2, 0.25) is 0 Å². The molecule has 0 saturated heterocycles. The Bertz CT molecular complexity index is 859. The molecular weight excluding hydrogens is 326 g/mol. The zero-order chi connectivity index (χ0) is 17.2. The number of rotatable bonds is 5. The van der Waals surface area contributed by atoms with E-state index in [1.807, 2.05) is 18.2 Å². The van der Waals surface area contributed by atoms with E-state index in [-0.39, 0.29) is 11.8 Å². The van der Waals surface area contributed by atoms with Crippen LogP contribution >= 0.6 is 0 Å². The molecule has 0 atom stereocenters. The van der Waals surface area contributed by atoms with E-state index in [1.165, 1.54) is 0 Å². The minimum Gasteiger partial charge on any atom is -0.352 e. The first-order valence-electron chi connectivity index (χ1n) is 8.15. The molecule has 7 heteroatoms. The van der Waals surface area contributed by atoms with E-state index in [0.29, 0.717) is 16.9 Å². The maximum atomic E-state index is 12.3. The monoisotopic (exact) mass is 347 g/mol.